The molecule has 0 fully saturated rings. The van der Waals surface area contributed by atoms with Crippen LogP contribution >= 0.6 is 0 Å². The molecule has 3 aromatic rings. The molecule has 0 bridgehead atoms. The summed E-state index contributed by atoms with van der Waals surface area (Å²) in [7, 11) is 0. The second kappa shape index (κ2) is 9.00. The standard InChI is InChI=1S/C24H24N2O2/c1-18-13-14-21(17-23(18)25-19(2)27)24(28)26(22-11-7-4-8-12-22)16-15-20-9-5-3-6-10-20/h3-14,17H,15-16H2,1-2H3,(H,25,27). The minimum atomic E-state index is -0.156. The molecule has 0 radical (unpaired) electrons. The van der Waals surface area contributed by atoms with Gasteiger partial charge in [-0.05, 0) is 48.7 Å². The highest BCUT2D eigenvalue weighted by atomic mass is 16.2. The summed E-state index contributed by atoms with van der Waals surface area (Å²) in [5.41, 5.74) is 4.16. The molecule has 2 amide bonds. The van der Waals surface area contributed by atoms with E-state index in [0.29, 0.717) is 17.8 Å². The fourth-order valence-electron chi connectivity index (χ4n) is 3.08. The largest absolute Gasteiger partial charge is 0.326 e. The Labute approximate surface area is 165 Å². The molecule has 0 atom stereocenters. The second-order valence-corrected chi connectivity index (χ2v) is 6.74. The number of benzene rings is 3. The van der Waals surface area contributed by atoms with Crippen LogP contribution in [0.5, 0.6) is 0 Å². The third-order valence-electron chi connectivity index (χ3n) is 4.58. The molecule has 1 N–H and O–H groups in total. The number of hydrogen-bond acceptors (Lipinski definition) is 2. The van der Waals surface area contributed by atoms with E-state index in [2.05, 4.69) is 17.4 Å². The Morgan fingerprint density at radius 3 is 2.18 bits per heavy atom. The molecule has 0 saturated heterocycles. The summed E-state index contributed by atoms with van der Waals surface area (Å²) >= 11 is 0. The van der Waals surface area contributed by atoms with Crippen LogP contribution < -0.4 is 10.2 Å². The Hall–Kier alpha value is -3.40. The van der Waals surface area contributed by atoms with Crippen molar-refractivity contribution in [1.82, 2.24) is 0 Å². The van der Waals surface area contributed by atoms with Crippen molar-refractivity contribution in [3.05, 3.63) is 95.6 Å². The molecule has 0 heterocycles. The van der Waals surface area contributed by atoms with E-state index < -0.39 is 0 Å². The van der Waals surface area contributed by atoms with Crippen molar-refractivity contribution in [2.75, 3.05) is 16.8 Å². The minimum absolute atomic E-state index is 0.0891. The number of nitrogens with one attached hydrogen (secondary N) is 1. The van der Waals surface area contributed by atoms with E-state index in [4.69, 9.17) is 0 Å². The van der Waals surface area contributed by atoms with Gasteiger partial charge in [-0.3, -0.25) is 9.59 Å². The third kappa shape index (κ3) is 4.86. The van der Waals surface area contributed by atoms with Crippen molar-refractivity contribution in [2.45, 2.75) is 20.3 Å². The lowest BCUT2D eigenvalue weighted by atomic mass is 10.1. The Kier molecular flexibility index (Phi) is 6.22. The molecule has 0 aliphatic rings. The second-order valence-electron chi connectivity index (χ2n) is 6.74. The van der Waals surface area contributed by atoms with Crippen LogP contribution in [0.1, 0.15) is 28.4 Å². The molecule has 4 nitrogen and oxygen atoms in total. The van der Waals surface area contributed by atoms with E-state index in [1.165, 1.54) is 12.5 Å². The molecule has 142 valence electrons. The zero-order valence-corrected chi connectivity index (χ0v) is 16.2. The predicted octanol–water partition coefficient (Wildman–Crippen LogP) is 4.84. The number of para-hydroxylation sites is 1. The number of nitrogens with zero attached hydrogens (tertiary/aromatic N) is 1. The lowest BCUT2D eigenvalue weighted by Gasteiger charge is -2.23. The number of aryl methyl sites for hydroxylation is 1. The number of carbonyl (C=O) groups is 2. The molecule has 0 aromatic heterocycles. The lowest BCUT2D eigenvalue weighted by Crippen LogP contribution is -2.33. The number of anilines is 2. The van der Waals surface area contributed by atoms with Crippen molar-refractivity contribution in [2.24, 2.45) is 0 Å². The predicted molar refractivity (Wildman–Crippen MR) is 114 cm³/mol. The van der Waals surface area contributed by atoms with E-state index in [1.807, 2.05) is 61.5 Å². The summed E-state index contributed by atoms with van der Waals surface area (Å²) in [4.78, 5) is 26.6. The molecule has 4 heteroatoms. The molecule has 0 spiro atoms. The fraction of sp³-hybridized carbons (Fsp3) is 0.167. The first kappa shape index (κ1) is 19.4. The Morgan fingerprint density at radius 2 is 1.54 bits per heavy atom. The highest BCUT2D eigenvalue weighted by Gasteiger charge is 2.18. The monoisotopic (exact) mass is 372 g/mol. The maximum absolute atomic E-state index is 13.3. The number of hydrogen-bond donors (Lipinski definition) is 1. The van der Waals surface area contributed by atoms with Crippen molar-refractivity contribution in [3.63, 3.8) is 0 Å². The quantitative estimate of drug-likeness (QED) is 0.673. The Bertz CT molecular complexity index is 953. The van der Waals surface area contributed by atoms with Gasteiger partial charge in [-0.2, -0.15) is 0 Å². The van der Waals surface area contributed by atoms with Gasteiger partial charge in [0.2, 0.25) is 5.91 Å². The maximum Gasteiger partial charge on any atom is 0.258 e. The van der Waals surface area contributed by atoms with Crippen LogP contribution in [-0.2, 0) is 11.2 Å². The van der Waals surface area contributed by atoms with Gasteiger partial charge in [0.1, 0.15) is 0 Å². The van der Waals surface area contributed by atoms with Gasteiger partial charge < -0.3 is 10.2 Å². The highest BCUT2D eigenvalue weighted by Crippen LogP contribution is 2.22. The van der Waals surface area contributed by atoms with E-state index in [0.717, 1.165) is 17.7 Å². The summed E-state index contributed by atoms with van der Waals surface area (Å²) in [5.74, 6) is -0.245. The SMILES string of the molecule is CC(=O)Nc1cc(C(=O)N(CCc2ccccc2)c2ccccc2)ccc1C. The fourth-order valence-corrected chi connectivity index (χ4v) is 3.08. The van der Waals surface area contributed by atoms with Crippen LogP contribution in [0.2, 0.25) is 0 Å². The summed E-state index contributed by atoms with van der Waals surface area (Å²) in [6, 6.07) is 25.2. The zero-order valence-electron chi connectivity index (χ0n) is 16.2. The lowest BCUT2D eigenvalue weighted by molar-refractivity contribution is -0.114. The molecule has 0 aliphatic carbocycles. The molecule has 28 heavy (non-hydrogen) atoms. The van der Waals surface area contributed by atoms with Crippen LogP contribution in [0.25, 0.3) is 0 Å². The van der Waals surface area contributed by atoms with Gasteiger partial charge in [0.25, 0.3) is 5.91 Å². The van der Waals surface area contributed by atoms with Gasteiger partial charge in [0, 0.05) is 30.4 Å². The van der Waals surface area contributed by atoms with Crippen molar-refractivity contribution in [3.8, 4) is 0 Å². The van der Waals surface area contributed by atoms with Crippen LogP contribution in [0.4, 0.5) is 11.4 Å². The maximum atomic E-state index is 13.3. The molecule has 3 rings (SSSR count). The molecule has 0 saturated carbocycles. The van der Waals surface area contributed by atoms with Crippen molar-refractivity contribution in [1.29, 1.82) is 0 Å². The molecular weight excluding hydrogens is 348 g/mol. The van der Waals surface area contributed by atoms with Crippen molar-refractivity contribution < 1.29 is 9.59 Å². The smallest absolute Gasteiger partial charge is 0.258 e. The average molecular weight is 372 g/mol. The normalized spacial score (nSPS) is 10.4. The molecule has 0 unspecified atom stereocenters. The van der Waals surface area contributed by atoms with Gasteiger partial charge in [-0.25, -0.2) is 0 Å². The summed E-state index contributed by atoms with van der Waals surface area (Å²) in [6.45, 7) is 3.93. The topological polar surface area (TPSA) is 49.4 Å². The molecular formula is C24H24N2O2. The average Bonchev–Trinajstić information content (AvgIpc) is 2.71. The first-order chi connectivity index (χ1) is 13.5. The Balaban J connectivity index is 1.89. The van der Waals surface area contributed by atoms with Gasteiger partial charge in [-0.15, -0.1) is 0 Å². The summed E-state index contributed by atoms with van der Waals surface area (Å²) in [5, 5.41) is 2.80. The van der Waals surface area contributed by atoms with Crippen LogP contribution in [-0.4, -0.2) is 18.4 Å². The van der Waals surface area contributed by atoms with Crippen LogP contribution in [0.3, 0.4) is 0 Å². The number of rotatable bonds is 6. The summed E-state index contributed by atoms with van der Waals surface area (Å²) < 4.78 is 0. The third-order valence-corrected chi connectivity index (χ3v) is 4.58. The number of carbonyl (C=O) groups excluding carboxylic acids is 2. The van der Waals surface area contributed by atoms with Gasteiger partial charge in [0.15, 0.2) is 0 Å². The first-order valence-electron chi connectivity index (χ1n) is 9.33. The van der Waals surface area contributed by atoms with Gasteiger partial charge >= 0.3 is 0 Å². The van der Waals surface area contributed by atoms with E-state index >= 15 is 0 Å². The zero-order chi connectivity index (χ0) is 19.9. The first-order valence-corrected chi connectivity index (χ1v) is 9.33. The Morgan fingerprint density at radius 1 is 0.893 bits per heavy atom. The highest BCUT2D eigenvalue weighted by molar-refractivity contribution is 6.07. The molecule has 0 aliphatic heterocycles. The van der Waals surface area contributed by atoms with E-state index in [-0.39, 0.29) is 11.8 Å². The van der Waals surface area contributed by atoms with Gasteiger partial charge in [0.05, 0.1) is 0 Å². The van der Waals surface area contributed by atoms with E-state index in [1.54, 1.807) is 17.0 Å². The number of amides is 2. The van der Waals surface area contributed by atoms with Crippen LogP contribution in [0, 0.1) is 6.92 Å². The van der Waals surface area contributed by atoms with Crippen LogP contribution in [0.15, 0.2) is 78.9 Å². The molecule has 3 aromatic carbocycles. The summed E-state index contributed by atoms with van der Waals surface area (Å²) in [6.07, 6.45) is 0.756. The van der Waals surface area contributed by atoms with Crippen molar-refractivity contribution >= 4 is 23.2 Å². The van der Waals surface area contributed by atoms with E-state index in [9.17, 15) is 9.59 Å². The minimum Gasteiger partial charge on any atom is -0.326 e. The van der Waals surface area contributed by atoms with Gasteiger partial charge in [-0.1, -0.05) is 54.6 Å².